The Morgan fingerprint density at radius 1 is 1.33 bits per heavy atom. The first-order valence-electron chi connectivity index (χ1n) is 8.04. The Bertz CT molecular complexity index is 800. The van der Waals surface area contributed by atoms with Gasteiger partial charge in [-0.25, -0.2) is 4.98 Å². The molecule has 0 aliphatic carbocycles. The van der Waals surface area contributed by atoms with E-state index in [1.807, 2.05) is 24.3 Å². The summed E-state index contributed by atoms with van der Waals surface area (Å²) < 4.78 is 42.9. The van der Waals surface area contributed by atoms with Crippen molar-refractivity contribution in [2.75, 3.05) is 26.0 Å². The van der Waals surface area contributed by atoms with E-state index < -0.39 is 11.7 Å². The monoisotopic (exact) mass is 401 g/mol. The number of halogens is 4. The molecule has 27 heavy (non-hydrogen) atoms. The second-order valence-corrected chi connectivity index (χ2v) is 6.24. The predicted octanol–water partition coefficient (Wildman–Crippen LogP) is 4.22. The van der Waals surface area contributed by atoms with Crippen LogP contribution in [-0.4, -0.2) is 36.5 Å². The summed E-state index contributed by atoms with van der Waals surface area (Å²) in [6.07, 6.45) is -3.67. The molecule has 0 aliphatic heterocycles. The van der Waals surface area contributed by atoms with Gasteiger partial charge in [-0.3, -0.25) is 4.79 Å². The molecule has 1 N–H and O–H groups in total. The fourth-order valence-electron chi connectivity index (χ4n) is 2.33. The van der Waals surface area contributed by atoms with Crippen molar-refractivity contribution in [3.63, 3.8) is 0 Å². The lowest BCUT2D eigenvalue weighted by Crippen LogP contribution is -2.27. The van der Waals surface area contributed by atoms with Crippen LogP contribution >= 0.6 is 11.6 Å². The van der Waals surface area contributed by atoms with Gasteiger partial charge in [0, 0.05) is 32.8 Å². The summed E-state index contributed by atoms with van der Waals surface area (Å²) in [5, 5.41) is 2.63. The molecule has 0 saturated heterocycles. The molecule has 1 aromatic carbocycles. The van der Waals surface area contributed by atoms with E-state index in [4.69, 9.17) is 16.3 Å². The van der Waals surface area contributed by atoms with Crippen molar-refractivity contribution in [2.45, 2.75) is 19.1 Å². The van der Waals surface area contributed by atoms with Crippen LogP contribution in [0.2, 0.25) is 5.02 Å². The molecule has 1 aromatic heterocycles. The Labute approximate surface area is 160 Å². The lowest BCUT2D eigenvalue weighted by Gasteiger charge is -2.18. The third-order valence-corrected chi connectivity index (χ3v) is 4.07. The van der Waals surface area contributed by atoms with Gasteiger partial charge < -0.3 is 15.0 Å². The van der Waals surface area contributed by atoms with Crippen LogP contribution in [0.3, 0.4) is 0 Å². The van der Waals surface area contributed by atoms with E-state index >= 15 is 0 Å². The van der Waals surface area contributed by atoms with Crippen LogP contribution in [0.4, 0.5) is 19.0 Å². The summed E-state index contributed by atoms with van der Waals surface area (Å²) in [6, 6.07) is 8.18. The normalized spacial score (nSPS) is 11.2. The van der Waals surface area contributed by atoms with Crippen LogP contribution in [0.1, 0.15) is 17.5 Å². The van der Waals surface area contributed by atoms with E-state index in [2.05, 4.69) is 10.3 Å². The van der Waals surface area contributed by atoms with Crippen molar-refractivity contribution >= 4 is 23.3 Å². The van der Waals surface area contributed by atoms with Gasteiger partial charge in [0.1, 0.15) is 11.6 Å². The average molecular weight is 402 g/mol. The molecule has 5 nitrogen and oxygen atoms in total. The van der Waals surface area contributed by atoms with Gasteiger partial charge in [-0.1, -0.05) is 23.7 Å². The average Bonchev–Trinajstić information content (AvgIpc) is 2.62. The number of amides is 1. The molecule has 0 atom stereocenters. The van der Waals surface area contributed by atoms with E-state index in [1.54, 1.807) is 19.1 Å². The molecule has 9 heteroatoms. The number of nitrogens with one attached hydrogen (secondary N) is 1. The molecule has 0 spiro atoms. The highest BCUT2D eigenvalue weighted by atomic mass is 35.5. The lowest BCUT2D eigenvalue weighted by atomic mass is 10.2. The number of carbonyl (C=O) groups excluding carboxylic acids is 1. The number of anilines is 1. The number of ether oxygens (including phenoxy) is 1. The van der Waals surface area contributed by atoms with Crippen LogP contribution < -0.4 is 10.1 Å². The molecule has 0 aliphatic rings. The Morgan fingerprint density at radius 2 is 2.07 bits per heavy atom. The molecule has 0 radical (unpaired) electrons. The number of nitrogens with zero attached hydrogens (tertiary/aromatic N) is 2. The number of alkyl halides is 3. The van der Waals surface area contributed by atoms with Crippen LogP contribution in [0, 0.1) is 0 Å². The number of aromatic nitrogens is 1. The number of hydrogen-bond donors (Lipinski definition) is 1. The fraction of sp³-hybridized carbons (Fsp3) is 0.333. The number of methoxy groups -OCH3 is 1. The number of rotatable bonds is 7. The lowest BCUT2D eigenvalue weighted by molar-refractivity contribution is -0.137. The van der Waals surface area contributed by atoms with Crippen molar-refractivity contribution in [1.82, 2.24) is 9.88 Å². The van der Waals surface area contributed by atoms with Gasteiger partial charge >= 0.3 is 6.18 Å². The van der Waals surface area contributed by atoms with Crippen molar-refractivity contribution in [2.24, 2.45) is 0 Å². The van der Waals surface area contributed by atoms with E-state index in [-0.39, 0.29) is 29.7 Å². The first-order chi connectivity index (χ1) is 12.7. The topological polar surface area (TPSA) is 54.5 Å². The van der Waals surface area contributed by atoms with Gasteiger partial charge in [0.25, 0.3) is 0 Å². The van der Waals surface area contributed by atoms with Gasteiger partial charge in [0.2, 0.25) is 5.91 Å². The Morgan fingerprint density at radius 3 is 2.70 bits per heavy atom. The highest BCUT2D eigenvalue weighted by Gasteiger charge is 2.31. The smallest absolute Gasteiger partial charge is 0.417 e. The molecule has 146 valence electrons. The first-order valence-corrected chi connectivity index (χ1v) is 8.42. The second-order valence-electron chi connectivity index (χ2n) is 5.83. The predicted molar refractivity (Wildman–Crippen MR) is 96.8 cm³/mol. The van der Waals surface area contributed by atoms with Crippen molar-refractivity contribution in [1.29, 1.82) is 0 Å². The third-order valence-electron chi connectivity index (χ3n) is 3.78. The second kappa shape index (κ2) is 8.94. The maximum absolute atomic E-state index is 12.6. The minimum absolute atomic E-state index is 0.105. The molecule has 1 heterocycles. The molecular weight excluding hydrogens is 383 g/mol. The zero-order valence-electron chi connectivity index (χ0n) is 14.8. The molecule has 0 unspecified atom stereocenters. The number of benzene rings is 1. The molecule has 2 aromatic rings. The Balaban J connectivity index is 1.86. The molecule has 0 bridgehead atoms. The molecule has 2 rings (SSSR count). The van der Waals surface area contributed by atoms with E-state index in [1.165, 1.54) is 0 Å². The summed E-state index contributed by atoms with van der Waals surface area (Å²) in [5.41, 5.74) is -0.00208. The van der Waals surface area contributed by atoms with Crippen LogP contribution in [0.25, 0.3) is 0 Å². The van der Waals surface area contributed by atoms with Gasteiger partial charge in [0.05, 0.1) is 17.7 Å². The quantitative estimate of drug-likeness (QED) is 0.754. The third kappa shape index (κ3) is 6.02. The van der Waals surface area contributed by atoms with Gasteiger partial charge in [-0.15, -0.1) is 0 Å². The highest BCUT2D eigenvalue weighted by molar-refractivity contribution is 6.32. The maximum atomic E-state index is 12.6. The van der Waals surface area contributed by atoms with Crippen LogP contribution in [0.5, 0.6) is 5.75 Å². The molecule has 0 saturated carbocycles. The van der Waals surface area contributed by atoms with E-state index in [0.717, 1.165) is 11.6 Å². The summed E-state index contributed by atoms with van der Waals surface area (Å²) in [4.78, 5) is 17.4. The minimum atomic E-state index is -4.51. The number of carbonyl (C=O) groups is 1. The van der Waals surface area contributed by atoms with E-state index in [9.17, 15) is 18.0 Å². The SMILES string of the molecule is COc1cccc(CN(C)C(=O)CCNc2ncc(C(F)(F)F)cc2Cl)c1. The fourth-order valence-corrected chi connectivity index (χ4v) is 2.57. The Kier molecular flexibility index (Phi) is 6.90. The highest BCUT2D eigenvalue weighted by Crippen LogP contribution is 2.32. The van der Waals surface area contributed by atoms with Crippen molar-refractivity contribution < 1.29 is 22.7 Å². The van der Waals surface area contributed by atoms with Gasteiger partial charge in [-0.2, -0.15) is 13.2 Å². The largest absolute Gasteiger partial charge is 0.497 e. The number of hydrogen-bond acceptors (Lipinski definition) is 4. The zero-order valence-corrected chi connectivity index (χ0v) is 15.6. The molecule has 1 amide bonds. The summed E-state index contributed by atoms with van der Waals surface area (Å²) in [7, 11) is 3.24. The van der Waals surface area contributed by atoms with Crippen LogP contribution in [0.15, 0.2) is 36.5 Å². The summed E-state index contributed by atoms with van der Waals surface area (Å²) in [5.74, 6) is 0.680. The maximum Gasteiger partial charge on any atom is 0.417 e. The minimum Gasteiger partial charge on any atom is -0.497 e. The number of pyridine rings is 1. The summed E-state index contributed by atoms with van der Waals surface area (Å²) >= 11 is 5.82. The molecule has 0 fully saturated rings. The molecular formula is C18H19ClF3N3O2. The summed E-state index contributed by atoms with van der Waals surface area (Å²) in [6.45, 7) is 0.606. The van der Waals surface area contributed by atoms with Crippen LogP contribution in [-0.2, 0) is 17.5 Å². The van der Waals surface area contributed by atoms with E-state index in [0.29, 0.717) is 18.5 Å². The zero-order chi connectivity index (χ0) is 20.0. The van der Waals surface area contributed by atoms with Crippen molar-refractivity contribution in [3.05, 3.63) is 52.7 Å². The standard InChI is InChI=1S/C18H19ClF3N3O2/c1-25(11-12-4-3-5-14(8-12)27-2)16(26)6-7-23-17-15(19)9-13(10-24-17)18(20,21)22/h3-5,8-10H,6-7,11H2,1-2H3,(H,23,24). The van der Waals surface area contributed by atoms with Gasteiger partial charge in [0.15, 0.2) is 0 Å². The van der Waals surface area contributed by atoms with Gasteiger partial charge in [-0.05, 0) is 23.8 Å². The Hall–Kier alpha value is -2.48. The first kappa shape index (κ1) is 20.8. The van der Waals surface area contributed by atoms with Crippen molar-refractivity contribution in [3.8, 4) is 5.75 Å².